The monoisotopic (exact) mass is 280 g/mol. The molecule has 0 atom stereocenters. The summed E-state index contributed by atoms with van der Waals surface area (Å²) in [7, 11) is 0. The summed E-state index contributed by atoms with van der Waals surface area (Å²) in [4.78, 5) is 25.1. The SMILES string of the molecule is CC(C)(C)OC(=O)N1CCC(=O)Nc2cc(F)ccc21. The van der Waals surface area contributed by atoms with Crippen LogP contribution >= 0.6 is 0 Å². The average molecular weight is 280 g/mol. The summed E-state index contributed by atoms with van der Waals surface area (Å²) in [5.41, 5.74) is 0.0750. The number of hydrogen-bond acceptors (Lipinski definition) is 3. The van der Waals surface area contributed by atoms with E-state index in [2.05, 4.69) is 5.32 Å². The lowest BCUT2D eigenvalue weighted by Crippen LogP contribution is -2.37. The summed E-state index contributed by atoms with van der Waals surface area (Å²) in [5, 5.41) is 2.58. The molecule has 1 N–H and O–H groups in total. The van der Waals surface area contributed by atoms with Crippen LogP contribution in [-0.4, -0.2) is 24.1 Å². The van der Waals surface area contributed by atoms with E-state index in [0.29, 0.717) is 5.69 Å². The molecule has 1 aromatic rings. The molecule has 0 aromatic heterocycles. The van der Waals surface area contributed by atoms with Crippen LogP contribution < -0.4 is 10.2 Å². The summed E-state index contributed by atoms with van der Waals surface area (Å²) in [6.45, 7) is 5.48. The summed E-state index contributed by atoms with van der Waals surface area (Å²) >= 11 is 0. The molecule has 0 aliphatic carbocycles. The van der Waals surface area contributed by atoms with Crippen molar-refractivity contribution in [1.29, 1.82) is 0 Å². The Balaban J connectivity index is 2.35. The first-order chi connectivity index (χ1) is 9.26. The molecule has 1 aromatic carbocycles. The van der Waals surface area contributed by atoms with Crippen molar-refractivity contribution in [2.75, 3.05) is 16.8 Å². The lowest BCUT2D eigenvalue weighted by molar-refractivity contribution is -0.115. The van der Waals surface area contributed by atoms with Gasteiger partial charge in [-0.2, -0.15) is 0 Å². The zero-order valence-electron chi connectivity index (χ0n) is 11.7. The third-order valence-corrected chi connectivity index (χ3v) is 2.70. The fraction of sp³-hybridized carbons (Fsp3) is 0.429. The molecule has 0 radical (unpaired) electrons. The van der Waals surface area contributed by atoms with E-state index in [9.17, 15) is 14.0 Å². The zero-order chi connectivity index (χ0) is 14.9. The Morgan fingerprint density at radius 3 is 2.75 bits per heavy atom. The Bertz CT molecular complexity index is 552. The van der Waals surface area contributed by atoms with E-state index in [1.807, 2.05) is 0 Å². The van der Waals surface area contributed by atoms with E-state index in [0.717, 1.165) is 0 Å². The molecule has 6 heteroatoms. The van der Waals surface area contributed by atoms with Crippen LogP contribution in [0.15, 0.2) is 18.2 Å². The topological polar surface area (TPSA) is 58.6 Å². The Labute approximate surface area is 116 Å². The average Bonchev–Trinajstić information content (AvgIpc) is 2.44. The highest BCUT2D eigenvalue weighted by Gasteiger charge is 2.28. The number of nitrogens with one attached hydrogen (secondary N) is 1. The van der Waals surface area contributed by atoms with Gasteiger partial charge in [-0.1, -0.05) is 0 Å². The summed E-state index contributed by atoms with van der Waals surface area (Å²) in [6.07, 6.45) is -0.419. The molecular weight excluding hydrogens is 263 g/mol. The van der Waals surface area contributed by atoms with Crippen LogP contribution in [0.5, 0.6) is 0 Å². The standard InChI is InChI=1S/C14H17FN2O3/c1-14(2,3)20-13(19)17-7-6-12(18)16-10-8-9(15)4-5-11(10)17/h4-5,8H,6-7H2,1-3H3,(H,16,18). The predicted octanol–water partition coefficient (Wildman–Crippen LogP) is 2.91. The quantitative estimate of drug-likeness (QED) is 0.795. The number of hydrogen-bond donors (Lipinski definition) is 1. The van der Waals surface area contributed by atoms with Crippen molar-refractivity contribution < 1.29 is 18.7 Å². The van der Waals surface area contributed by atoms with Gasteiger partial charge in [-0.15, -0.1) is 0 Å². The molecule has 1 heterocycles. The molecule has 108 valence electrons. The smallest absolute Gasteiger partial charge is 0.414 e. The minimum absolute atomic E-state index is 0.134. The second-order valence-electron chi connectivity index (χ2n) is 5.59. The molecule has 0 fully saturated rings. The number of rotatable bonds is 0. The highest BCUT2D eigenvalue weighted by atomic mass is 19.1. The molecule has 0 saturated carbocycles. The fourth-order valence-corrected chi connectivity index (χ4v) is 1.90. The van der Waals surface area contributed by atoms with Crippen LogP contribution in [0.25, 0.3) is 0 Å². The van der Waals surface area contributed by atoms with Gasteiger partial charge in [-0.05, 0) is 39.0 Å². The minimum Gasteiger partial charge on any atom is -0.443 e. The number of carbonyl (C=O) groups excluding carboxylic acids is 2. The molecule has 1 aliphatic rings. The van der Waals surface area contributed by atoms with Crippen LogP contribution in [0.2, 0.25) is 0 Å². The highest BCUT2D eigenvalue weighted by molar-refractivity contribution is 6.01. The predicted molar refractivity (Wildman–Crippen MR) is 73.2 cm³/mol. The minimum atomic E-state index is -0.638. The summed E-state index contributed by atoms with van der Waals surface area (Å²) < 4.78 is 18.6. The first-order valence-electron chi connectivity index (χ1n) is 6.36. The van der Waals surface area contributed by atoms with Gasteiger partial charge in [0.15, 0.2) is 0 Å². The van der Waals surface area contributed by atoms with Gasteiger partial charge >= 0.3 is 6.09 Å². The number of benzene rings is 1. The second kappa shape index (κ2) is 5.11. The molecule has 0 saturated heterocycles. The number of fused-ring (bicyclic) bond motifs is 1. The summed E-state index contributed by atoms with van der Waals surface area (Å²) in [6, 6.07) is 3.89. The normalized spacial score (nSPS) is 15.2. The lowest BCUT2D eigenvalue weighted by atomic mass is 10.2. The van der Waals surface area contributed by atoms with Gasteiger partial charge in [-0.25, -0.2) is 9.18 Å². The van der Waals surface area contributed by atoms with E-state index in [-0.39, 0.29) is 24.6 Å². The molecule has 2 rings (SSSR count). The van der Waals surface area contributed by atoms with Gasteiger partial charge < -0.3 is 10.1 Å². The number of halogens is 1. The van der Waals surface area contributed by atoms with Crippen molar-refractivity contribution in [3.8, 4) is 0 Å². The number of ether oxygens (including phenoxy) is 1. The van der Waals surface area contributed by atoms with Crippen LogP contribution in [0, 0.1) is 5.82 Å². The number of amides is 2. The third-order valence-electron chi connectivity index (χ3n) is 2.70. The Morgan fingerprint density at radius 2 is 2.10 bits per heavy atom. The number of anilines is 2. The largest absolute Gasteiger partial charge is 0.443 e. The third kappa shape index (κ3) is 3.26. The summed E-state index contributed by atoms with van der Waals surface area (Å²) in [5.74, 6) is -0.738. The Hall–Kier alpha value is -2.11. The zero-order valence-corrected chi connectivity index (χ0v) is 11.7. The second-order valence-corrected chi connectivity index (χ2v) is 5.59. The van der Waals surface area contributed by atoms with Crippen molar-refractivity contribution >= 4 is 23.4 Å². The highest BCUT2D eigenvalue weighted by Crippen LogP contribution is 2.30. The van der Waals surface area contributed by atoms with Crippen LogP contribution in [0.1, 0.15) is 27.2 Å². The fourth-order valence-electron chi connectivity index (χ4n) is 1.90. The maximum absolute atomic E-state index is 13.3. The molecule has 2 amide bonds. The van der Waals surface area contributed by atoms with E-state index >= 15 is 0 Å². The van der Waals surface area contributed by atoms with Crippen molar-refractivity contribution in [2.24, 2.45) is 0 Å². The Morgan fingerprint density at radius 1 is 1.40 bits per heavy atom. The first kappa shape index (κ1) is 14.3. The molecule has 20 heavy (non-hydrogen) atoms. The van der Waals surface area contributed by atoms with E-state index < -0.39 is 17.5 Å². The van der Waals surface area contributed by atoms with E-state index in [1.165, 1.54) is 23.1 Å². The van der Waals surface area contributed by atoms with Crippen molar-refractivity contribution in [1.82, 2.24) is 0 Å². The molecule has 0 unspecified atom stereocenters. The number of nitrogens with zero attached hydrogens (tertiary/aromatic N) is 1. The van der Waals surface area contributed by atoms with Gasteiger partial charge in [0.05, 0.1) is 11.4 Å². The van der Waals surface area contributed by atoms with Gasteiger partial charge in [0.2, 0.25) is 5.91 Å². The first-order valence-corrected chi connectivity index (χ1v) is 6.36. The van der Waals surface area contributed by atoms with E-state index in [4.69, 9.17) is 4.74 Å². The van der Waals surface area contributed by atoms with Gasteiger partial charge in [0.1, 0.15) is 11.4 Å². The van der Waals surface area contributed by atoms with Crippen LogP contribution in [0.3, 0.4) is 0 Å². The van der Waals surface area contributed by atoms with Crippen molar-refractivity contribution in [3.63, 3.8) is 0 Å². The maximum atomic E-state index is 13.3. The van der Waals surface area contributed by atoms with Crippen molar-refractivity contribution in [2.45, 2.75) is 32.8 Å². The van der Waals surface area contributed by atoms with E-state index in [1.54, 1.807) is 20.8 Å². The Kier molecular flexibility index (Phi) is 3.65. The molecular formula is C14H17FN2O3. The van der Waals surface area contributed by atoms with Crippen molar-refractivity contribution in [3.05, 3.63) is 24.0 Å². The molecule has 0 spiro atoms. The van der Waals surface area contributed by atoms with Gasteiger partial charge in [0, 0.05) is 13.0 Å². The van der Waals surface area contributed by atoms with Crippen LogP contribution in [-0.2, 0) is 9.53 Å². The number of carbonyl (C=O) groups is 2. The van der Waals surface area contributed by atoms with Gasteiger partial charge in [0.25, 0.3) is 0 Å². The van der Waals surface area contributed by atoms with Gasteiger partial charge in [-0.3, -0.25) is 9.69 Å². The lowest BCUT2D eigenvalue weighted by Gasteiger charge is -2.27. The maximum Gasteiger partial charge on any atom is 0.414 e. The molecule has 0 bridgehead atoms. The molecule has 1 aliphatic heterocycles. The van der Waals surface area contributed by atoms with Crippen LogP contribution in [0.4, 0.5) is 20.6 Å². The molecule has 5 nitrogen and oxygen atoms in total.